The quantitative estimate of drug-likeness (QED) is 0.814. The lowest BCUT2D eigenvalue weighted by atomic mass is 9.84. The average Bonchev–Trinajstić information content (AvgIpc) is 2.85. The molecular formula is C15H28N2OS. The van der Waals surface area contributed by atoms with Crippen LogP contribution >= 0.6 is 11.8 Å². The van der Waals surface area contributed by atoms with Crippen LogP contribution in [-0.2, 0) is 4.79 Å². The molecule has 2 unspecified atom stereocenters. The summed E-state index contributed by atoms with van der Waals surface area (Å²) in [4.78, 5) is 12.1. The fraction of sp³-hybridized carbons (Fsp3) is 0.933. The van der Waals surface area contributed by atoms with Crippen molar-refractivity contribution in [3.8, 4) is 0 Å². The lowest BCUT2D eigenvalue weighted by Crippen LogP contribution is -2.38. The number of rotatable bonds is 5. The van der Waals surface area contributed by atoms with Gasteiger partial charge in [0.2, 0.25) is 5.91 Å². The van der Waals surface area contributed by atoms with Gasteiger partial charge in [-0.15, -0.1) is 0 Å². The van der Waals surface area contributed by atoms with Crippen LogP contribution in [0.25, 0.3) is 0 Å². The van der Waals surface area contributed by atoms with E-state index >= 15 is 0 Å². The number of piperidine rings is 1. The zero-order chi connectivity index (χ0) is 13.7. The maximum atomic E-state index is 12.1. The molecular weight excluding hydrogens is 256 g/mol. The van der Waals surface area contributed by atoms with Crippen molar-refractivity contribution in [3.63, 3.8) is 0 Å². The van der Waals surface area contributed by atoms with Crippen molar-refractivity contribution in [1.82, 2.24) is 10.6 Å². The maximum absolute atomic E-state index is 12.1. The first-order valence-electron chi connectivity index (χ1n) is 7.70. The third kappa shape index (κ3) is 4.67. The van der Waals surface area contributed by atoms with Gasteiger partial charge in [-0.05, 0) is 63.3 Å². The second-order valence-electron chi connectivity index (χ2n) is 6.45. The lowest BCUT2D eigenvalue weighted by Gasteiger charge is -2.28. The average molecular weight is 284 g/mol. The molecule has 0 aromatic heterocycles. The minimum atomic E-state index is 0.250. The fourth-order valence-electron chi connectivity index (χ4n) is 3.21. The number of thioether (sulfide) groups is 1. The van der Waals surface area contributed by atoms with E-state index in [9.17, 15) is 4.79 Å². The van der Waals surface area contributed by atoms with Gasteiger partial charge in [0.15, 0.2) is 0 Å². The molecule has 2 saturated heterocycles. The minimum Gasteiger partial charge on any atom is -0.355 e. The van der Waals surface area contributed by atoms with Gasteiger partial charge in [0, 0.05) is 17.7 Å². The van der Waals surface area contributed by atoms with Crippen LogP contribution in [0.3, 0.4) is 0 Å². The molecule has 0 radical (unpaired) electrons. The van der Waals surface area contributed by atoms with E-state index in [2.05, 4.69) is 24.5 Å². The molecule has 0 bridgehead atoms. The van der Waals surface area contributed by atoms with Crippen LogP contribution in [0.4, 0.5) is 0 Å². The maximum Gasteiger partial charge on any atom is 0.220 e. The number of hydrogen-bond acceptors (Lipinski definition) is 3. The molecule has 0 aromatic rings. The molecule has 0 aliphatic carbocycles. The molecule has 2 aliphatic heterocycles. The monoisotopic (exact) mass is 284 g/mol. The Labute approximate surface area is 121 Å². The highest BCUT2D eigenvalue weighted by molar-refractivity contribution is 8.00. The molecule has 2 N–H and O–H groups in total. The second-order valence-corrected chi connectivity index (χ2v) is 8.13. The van der Waals surface area contributed by atoms with E-state index in [0.717, 1.165) is 25.6 Å². The Morgan fingerprint density at radius 3 is 2.84 bits per heavy atom. The predicted octanol–water partition coefficient (Wildman–Crippen LogP) is 2.41. The third-order valence-corrected chi connectivity index (χ3v) is 6.19. The van der Waals surface area contributed by atoms with Gasteiger partial charge < -0.3 is 10.6 Å². The van der Waals surface area contributed by atoms with Crippen molar-refractivity contribution in [2.45, 2.75) is 50.7 Å². The van der Waals surface area contributed by atoms with Crippen LogP contribution in [0.2, 0.25) is 0 Å². The zero-order valence-electron chi connectivity index (χ0n) is 12.3. The molecule has 110 valence electrons. The Kier molecular flexibility index (Phi) is 5.58. The minimum absolute atomic E-state index is 0.250. The van der Waals surface area contributed by atoms with Gasteiger partial charge >= 0.3 is 0 Å². The van der Waals surface area contributed by atoms with Gasteiger partial charge in [0.1, 0.15) is 0 Å². The van der Waals surface area contributed by atoms with Crippen molar-refractivity contribution in [2.24, 2.45) is 11.8 Å². The second kappa shape index (κ2) is 6.98. The number of amides is 1. The summed E-state index contributed by atoms with van der Waals surface area (Å²) >= 11 is 2.01. The van der Waals surface area contributed by atoms with Gasteiger partial charge in [-0.1, -0.05) is 6.92 Å². The Morgan fingerprint density at radius 1 is 1.47 bits per heavy atom. The largest absolute Gasteiger partial charge is 0.355 e. The fourth-order valence-corrected chi connectivity index (χ4v) is 4.45. The first kappa shape index (κ1) is 15.2. The summed E-state index contributed by atoms with van der Waals surface area (Å²) in [6.45, 7) is 7.59. The molecule has 1 amide bonds. The molecule has 2 heterocycles. The Morgan fingerprint density at radius 2 is 2.21 bits per heavy atom. The van der Waals surface area contributed by atoms with Gasteiger partial charge in [-0.2, -0.15) is 11.8 Å². The van der Waals surface area contributed by atoms with Crippen molar-refractivity contribution in [1.29, 1.82) is 0 Å². The highest BCUT2D eigenvalue weighted by atomic mass is 32.2. The van der Waals surface area contributed by atoms with Gasteiger partial charge in [0.05, 0.1) is 0 Å². The van der Waals surface area contributed by atoms with Gasteiger partial charge in [-0.25, -0.2) is 0 Å². The van der Waals surface area contributed by atoms with Crippen LogP contribution in [-0.4, -0.2) is 36.0 Å². The highest BCUT2D eigenvalue weighted by Crippen LogP contribution is 2.37. The van der Waals surface area contributed by atoms with Crippen molar-refractivity contribution >= 4 is 17.7 Å². The first-order chi connectivity index (χ1) is 9.09. The standard InChI is InChI=1S/C15H28N2OS/c1-12(13-4-7-16-8-5-13)10-14(18)17-11-15(2)6-3-9-19-15/h12-13,16H,3-11H2,1-2H3,(H,17,18). The predicted molar refractivity (Wildman–Crippen MR) is 82.5 cm³/mol. The molecule has 2 fully saturated rings. The number of carbonyl (C=O) groups excluding carboxylic acids is 1. The van der Waals surface area contributed by atoms with E-state index in [1.54, 1.807) is 0 Å². The molecule has 0 saturated carbocycles. The molecule has 4 heteroatoms. The van der Waals surface area contributed by atoms with Gasteiger partial charge in [0.25, 0.3) is 0 Å². The normalized spacial score (nSPS) is 30.2. The van der Waals surface area contributed by atoms with E-state index in [-0.39, 0.29) is 10.7 Å². The zero-order valence-corrected chi connectivity index (χ0v) is 13.2. The first-order valence-corrected chi connectivity index (χ1v) is 8.69. The van der Waals surface area contributed by atoms with Crippen molar-refractivity contribution < 1.29 is 4.79 Å². The smallest absolute Gasteiger partial charge is 0.220 e. The Bertz CT molecular complexity index is 297. The molecule has 2 atom stereocenters. The molecule has 0 aromatic carbocycles. The third-order valence-electron chi connectivity index (χ3n) is 4.66. The number of hydrogen-bond donors (Lipinski definition) is 2. The number of nitrogens with one attached hydrogen (secondary N) is 2. The van der Waals surface area contributed by atoms with Crippen LogP contribution in [0.5, 0.6) is 0 Å². The van der Waals surface area contributed by atoms with E-state index in [1.165, 1.54) is 31.4 Å². The lowest BCUT2D eigenvalue weighted by molar-refractivity contribution is -0.122. The van der Waals surface area contributed by atoms with Crippen LogP contribution in [0, 0.1) is 11.8 Å². The van der Waals surface area contributed by atoms with E-state index in [0.29, 0.717) is 12.3 Å². The number of carbonyl (C=O) groups is 1. The van der Waals surface area contributed by atoms with Crippen LogP contribution < -0.4 is 10.6 Å². The van der Waals surface area contributed by atoms with E-state index in [1.807, 2.05) is 11.8 Å². The Hall–Kier alpha value is -0.220. The summed E-state index contributed by atoms with van der Waals surface area (Å²) in [5.74, 6) is 2.74. The van der Waals surface area contributed by atoms with Crippen LogP contribution in [0.1, 0.15) is 46.0 Å². The Balaban J connectivity index is 1.68. The van der Waals surface area contributed by atoms with Crippen molar-refractivity contribution in [3.05, 3.63) is 0 Å². The van der Waals surface area contributed by atoms with E-state index in [4.69, 9.17) is 0 Å². The highest BCUT2D eigenvalue weighted by Gasteiger charge is 2.30. The summed E-state index contributed by atoms with van der Waals surface area (Å²) < 4.78 is 0.285. The molecule has 3 nitrogen and oxygen atoms in total. The topological polar surface area (TPSA) is 41.1 Å². The molecule has 0 spiro atoms. The molecule has 2 rings (SSSR count). The molecule has 19 heavy (non-hydrogen) atoms. The summed E-state index contributed by atoms with van der Waals surface area (Å²) in [6.07, 6.45) is 5.68. The summed E-state index contributed by atoms with van der Waals surface area (Å²) in [5, 5.41) is 6.55. The van der Waals surface area contributed by atoms with Crippen LogP contribution in [0.15, 0.2) is 0 Å². The summed E-state index contributed by atoms with van der Waals surface area (Å²) in [5.41, 5.74) is 0. The summed E-state index contributed by atoms with van der Waals surface area (Å²) in [6, 6.07) is 0. The molecule has 2 aliphatic rings. The summed E-state index contributed by atoms with van der Waals surface area (Å²) in [7, 11) is 0. The van der Waals surface area contributed by atoms with Gasteiger partial charge in [-0.3, -0.25) is 4.79 Å². The SMILES string of the molecule is CC(CC(=O)NCC1(C)CCCS1)C1CCNCC1. The van der Waals surface area contributed by atoms with E-state index < -0.39 is 0 Å². The van der Waals surface area contributed by atoms with Crippen molar-refractivity contribution in [2.75, 3.05) is 25.4 Å².